The molecule has 2 heterocycles. The van der Waals surface area contributed by atoms with E-state index in [-0.39, 0.29) is 30.7 Å². The summed E-state index contributed by atoms with van der Waals surface area (Å²) in [5.41, 5.74) is 0.266. The summed E-state index contributed by atoms with van der Waals surface area (Å²) >= 11 is 0. The lowest BCUT2D eigenvalue weighted by molar-refractivity contribution is -0.140. The lowest BCUT2D eigenvalue weighted by atomic mass is 9.97. The van der Waals surface area contributed by atoms with Crippen molar-refractivity contribution < 1.29 is 19.1 Å². The molecule has 0 bridgehead atoms. The fraction of sp³-hybridized carbons (Fsp3) is 0.571. The molecule has 1 aromatic rings. The van der Waals surface area contributed by atoms with Gasteiger partial charge in [-0.15, -0.1) is 0 Å². The molecule has 0 aromatic heterocycles. The van der Waals surface area contributed by atoms with Crippen molar-refractivity contribution in [2.45, 2.75) is 45.1 Å². The molecule has 0 N–H and O–H groups in total. The first-order chi connectivity index (χ1) is 13.3. The molecular formula is C21H29N3O4. The number of carbonyl (C=O) groups is 3. The first kappa shape index (κ1) is 20.2. The van der Waals surface area contributed by atoms with Gasteiger partial charge in [0.05, 0.1) is 12.6 Å². The molecular weight excluding hydrogens is 358 g/mol. The maximum absolute atomic E-state index is 12.9. The summed E-state index contributed by atoms with van der Waals surface area (Å²) in [4.78, 5) is 42.6. The van der Waals surface area contributed by atoms with E-state index >= 15 is 0 Å². The summed E-state index contributed by atoms with van der Waals surface area (Å²) in [6, 6.07) is 7.37. The molecule has 28 heavy (non-hydrogen) atoms. The van der Waals surface area contributed by atoms with E-state index in [1.807, 2.05) is 38.1 Å². The normalized spacial score (nSPS) is 19.8. The molecule has 0 spiro atoms. The Morgan fingerprint density at radius 3 is 2.43 bits per heavy atom. The van der Waals surface area contributed by atoms with Crippen molar-refractivity contribution in [2.75, 3.05) is 38.2 Å². The van der Waals surface area contributed by atoms with Crippen LogP contribution in [0.1, 0.15) is 39.5 Å². The predicted octanol–water partition coefficient (Wildman–Crippen LogP) is 2.05. The molecule has 2 aliphatic rings. The first-order valence-electron chi connectivity index (χ1n) is 9.84. The molecule has 7 nitrogen and oxygen atoms in total. The molecule has 2 saturated heterocycles. The fourth-order valence-electron chi connectivity index (χ4n) is 4.05. The Morgan fingerprint density at radius 1 is 1.11 bits per heavy atom. The van der Waals surface area contributed by atoms with Crippen LogP contribution in [0.2, 0.25) is 0 Å². The number of piperazine rings is 1. The van der Waals surface area contributed by atoms with E-state index in [2.05, 4.69) is 0 Å². The Hall–Kier alpha value is -2.57. The zero-order valence-electron chi connectivity index (χ0n) is 16.9. The SMILES string of the molecule is COc1ccc(N2C(=O)CN(C(=O)CCN3CCCCC3=O)CC2(C)C)cc1. The number of amides is 3. The first-order valence-corrected chi connectivity index (χ1v) is 9.84. The highest BCUT2D eigenvalue weighted by Gasteiger charge is 2.41. The van der Waals surface area contributed by atoms with E-state index in [0.717, 1.165) is 30.8 Å². The molecule has 0 atom stereocenters. The van der Waals surface area contributed by atoms with Crippen LogP contribution in [0.4, 0.5) is 5.69 Å². The minimum atomic E-state index is -0.527. The Bertz CT molecular complexity index is 745. The number of carbonyl (C=O) groups excluding carboxylic acids is 3. The number of nitrogens with zero attached hydrogens (tertiary/aromatic N) is 3. The van der Waals surface area contributed by atoms with Crippen LogP contribution in [0.15, 0.2) is 24.3 Å². The quantitative estimate of drug-likeness (QED) is 0.775. The number of piperidine rings is 1. The van der Waals surface area contributed by atoms with E-state index in [0.29, 0.717) is 19.5 Å². The maximum Gasteiger partial charge on any atom is 0.247 e. The van der Waals surface area contributed by atoms with Crippen LogP contribution < -0.4 is 9.64 Å². The molecule has 1 aromatic carbocycles. The summed E-state index contributed by atoms with van der Waals surface area (Å²) in [6.07, 6.45) is 2.75. The van der Waals surface area contributed by atoms with Crippen LogP contribution in [-0.4, -0.2) is 66.3 Å². The second-order valence-electron chi connectivity index (χ2n) is 8.08. The summed E-state index contributed by atoms with van der Waals surface area (Å²) in [5.74, 6) is 0.674. The van der Waals surface area contributed by atoms with Crippen LogP contribution in [0.3, 0.4) is 0 Å². The second-order valence-corrected chi connectivity index (χ2v) is 8.08. The van der Waals surface area contributed by atoms with Gasteiger partial charge in [0.2, 0.25) is 17.7 Å². The zero-order valence-corrected chi connectivity index (χ0v) is 16.9. The number of methoxy groups -OCH3 is 1. The number of rotatable bonds is 5. The van der Waals surface area contributed by atoms with Crippen molar-refractivity contribution in [3.05, 3.63) is 24.3 Å². The Labute approximate surface area is 166 Å². The number of likely N-dealkylation sites (tertiary alicyclic amines) is 1. The second kappa shape index (κ2) is 8.20. The Balaban J connectivity index is 1.64. The van der Waals surface area contributed by atoms with Gasteiger partial charge < -0.3 is 19.4 Å². The van der Waals surface area contributed by atoms with Gasteiger partial charge in [-0.3, -0.25) is 14.4 Å². The third-order valence-electron chi connectivity index (χ3n) is 5.46. The number of hydrogen-bond acceptors (Lipinski definition) is 4. The van der Waals surface area contributed by atoms with Crippen molar-refractivity contribution in [2.24, 2.45) is 0 Å². The van der Waals surface area contributed by atoms with Crippen LogP contribution in [0.25, 0.3) is 0 Å². The fourth-order valence-corrected chi connectivity index (χ4v) is 4.05. The van der Waals surface area contributed by atoms with Crippen molar-refractivity contribution in [1.29, 1.82) is 0 Å². The predicted molar refractivity (Wildman–Crippen MR) is 106 cm³/mol. The molecule has 152 valence electrons. The minimum absolute atomic E-state index is 0.0578. The molecule has 0 radical (unpaired) electrons. The van der Waals surface area contributed by atoms with Crippen LogP contribution >= 0.6 is 0 Å². The van der Waals surface area contributed by atoms with Crippen molar-refractivity contribution in [1.82, 2.24) is 9.80 Å². The topological polar surface area (TPSA) is 70.2 Å². The largest absolute Gasteiger partial charge is 0.497 e. The van der Waals surface area contributed by atoms with Gasteiger partial charge in [-0.2, -0.15) is 0 Å². The average molecular weight is 387 g/mol. The summed E-state index contributed by atoms with van der Waals surface area (Å²) in [7, 11) is 1.60. The third kappa shape index (κ3) is 4.29. The van der Waals surface area contributed by atoms with Gasteiger partial charge in [-0.25, -0.2) is 0 Å². The highest BCUT2D eigenvalue weighted by molar-refractivity contribution is 5.99. The zero-order chi connectivity index (χ0) is 20.3. The van der Waals surface area contributed by atoms with Gasteiger partial charge in [-0.1, -0.05) is 0 Å². The van der Waals surface area contributed by atoms with E-state index in [9.17, 15) is 14.4 Å². The minimum Gasteiger partial charge on any atom is -0.497 e. The number of hydrogen-bond donors (Lipinski definition) is 0. The van der Waals surface area contributed by atoms with Gasteiger partial charge in [0.15, 0.2) is 0 Å². The van der Waals surface area contributed by atoms with E-state index in [1.165, 1.54) is 0 Å². The van der Waals surface area contributed by atoms with Gasteiger partial charge in [0.25, 0.3) is 0 Å². The van der Waals surface area contributed by atoms with Gasteiger partial charge >= 0.3 is 0 Å². The molecule has 3 rings (SSSR count). The van der Waals surface area contributed by atoms with E-state index in [4.69, 9.17) is 4.74 Å². The number of benzene rings is 1. The molecule has 0 saturated carbocycles. The third-order valence-corrected chi connectivity index (χ3v) is 5.46. The van der Waals surface area contributed by atoms with E-state index in [1.54, 1.807) is 21.8 Å². The number of anilines is 1. The maximum atomic E-state index is 12.9. The molecule has 2 fully saturated rings. The summed E-state index contributed by atoms with van der Waals surface area (Å²) in [6.45, 7) is 5.60. The van der Waals surface area contributed by atoms with Crippen molar-refractivity contribution in [3.8, 4) is 5.75 Å². The average Bonchev–Trinajstić information content (AvgIpc) is 2.66. The summed E-state index contributed by atoms with van der Waals surface area (Å²) in [5, 5.41) is 0. The van der Waals surface area contributed by atoms with Crippen molar-refractivity contribution in [3.63, 3.8) is 0 Å². The molecule has 2 aliphatic heterocycles. The Morgan fingerprint density at radius 2 is 1.82 bits per heavy atom. The summed E-state index contributed by atoms with van der Waals surface area (Å²) < 4.78 is 5.18. The standard InChI is InChI=1S/C21H29N3O4/c1-21(2)15-23(19(26)11-13-22-12-5-4-6-18(22)25)14-20(27)24(21)16-7-9-17(28-3)10-8-16/h7-10H,4-6,11-15H2,1-3H3. The van der Waals surface area contributed by atoms with Crippen molar-refractivity contribution >= 4 is 23.4 Å². The van der Waals surface area contributed by atoms with Crippen LogP contribution in [-0.2, 0) is 14.4 Å². The smallest absolute Gasteiger partial charge is 0.247 e. The molecule has 0 unspecified atom stereocenters. The highest BCUT2D eigenvalue weighted by atomic mass is 16.5. The monoisotopic (exact) mass is 387 g/mol. The highest BCUT2D eigenvalue weighted by Crippen LogP contribution is 2.30. The lowest BCUT2D eigenvalue weighted by Crippen LogP contribution is -2.63. The number of ether oxygens (including phenoxy) is 1. The van der Waals surface area contributed by atoms with Crippen LogP contribution in [0, 0.1) is 0 Å². The molecule has 0 aliphatic carbocycles. The van der Waals surface area contributed by atoms with Gasteiger partial charge in [0, 0.05) is 38.2 Å². The van der Waals surface area contributed by atoms with Gasteiger partial charge in [-0.05, 0) is 51.0 Å². The molecule has 7 heteroatoms. The van der Waals surface area contributed by atoms with E-state index < -0.39 is 5.54 Å². The Kier molecular flexibility index (Phi) is 5.91. The van der Waals surface area contributed by atoms with Gasteiger partial charge in [0.1, 0.15) is 12.3 Å². The molecule has 3 amide bonds. The van der Waals surface area contributed by atoms with Crippen LogP contribution in [0.5, 0.6) is 5.75 Å². The lowest BCUT2D eigenvalue weighted by Gasteiger charge is -2.46.